The Balaban J connectivity index is 1.69. The number of carboxylic acids is 1. The molecule has 0 unspecified atom stereocenters. The van der Waals surface area contributed by atoms with Gasteiger partial charge in [0.05, 0.1) is 11.5 Å². The van der Waals surface area contributed by atoms with Gasteiger partial charge < -0.3 is 15.7 Å². The third-order valence-electron chi connectivity index (χ3n) is 6.60. The Bertz CT molecular complexity index is 1050. The molecule has 2 fully saturated rings. The number of rotatable bonds is 8. The van der Waals surface area contributed by atoms with E-state index in [1.165, 1.54) is 0 Å². The zero-order valence-electron chi connectivity index (χ0n) is 18.0. The first kappa shape index (κ1) is 23.6. The van der Waals surface area contributed by atoms with Gasteiger partial charge in [-0.3, -0.25) is 14.4 Å². The molecule has 0 bridgehead atoms. The van der Waals surface area contributed by atoms with Crippen LogP contribution in [0.3, 0.4) is 0 Å². The number of amides is 2. The lowest BCUT2D eigenvalue weighted by Crippen LogP contribution is -2.52. The highest BCUT2D eigenvalue weighted by atomic mass is 35.5. The maximum Gasteiger partial charge on any atom is 0.322 e. The molecule has 0 spiro atoms. The Morgan fingerprint density at radius 2 is 1.79 bits per heavy atom. The van der Waals surface area contributed by atoms with Crippen LogP contribution in [0.15, 0.2) is 48.5 Å². The highest BCUT2D eigenvalue weighted by Gasteiger charge is 2.51. The standard InChI is InChI=1S/C25H26Cl2N2O4/c26-18-8-6-16(7-9-18)23-20(17-2-1-3-19(27)10-17)12-25(24(33)29-23,11-15-4-5-15)13-21(30)28-14-22(31)32/h1-3,6-10,15,20,23H,4-5,11-14H2,(H,28,30)(H,29,33)(H,31,32)/t20-,23-,25-/m1/s1. The molecule has 8 heteroatoms. The maximum absolute atomic E-state index is 13.6. The molecule has 0 aromatic heterocycles. The Morgan fingerprint density at radius 1 is 1.06 bits per heavy atom. The van der Waals surface area contributed by atoms with Crippen molar-refractivity contribution in [3.63, 3.8) is 0 Å². The van der Waals surface area contributed by atoms with Gasteiger partial charge in [-0.15, -0.1) is 0 Å². The van der Waals surface area contributed by atoms with Crippen molar-refractivity contribution in [2.45, 2.75) is 44.1 Å². The first-order chi connectivity index (χ1) is 15.8. The lowest BCUT2D eigenvalue weighted by molar-refractivity contribution is -0.143. The third kappa shape index (κ3) is 5.68. The highest BCUT2D eigenvalue weighted by molar-refractivity contribution is 6.30. The van der Waals surface area contributed by atoms with E-state index >= 15 is 0 Å². The van der Waals surface area contributed by atoms with Crippen LogP contribution in [0, 0.1) is 11.3 Å². The highest BCUT2D eigenvalue weighted by Crippen LogP contribution is 2.52. The Morgan fingerprint density at radius 3 is 2.42 bits per heavy atom. The first-order valence-electron chi connectivity index (χ1n) is 11.1. The molecule has 3 atom stereocenters. The Kier molecular flexibility index (Phi) is 6.96. The maximum atomic E-state index is 13.6. The zero-order chi connectivity index (χ0) is 23.6. The molecule has 174 valence electrons. The number of carboxylic acid groups (broad SMARTS) is 1. The molecule has 1 aliphatic heterocycles. The lowest BCUT2D eigenvalue weighted by atomic mass is 9.65. The summed E-state index contributed by atoms with van der Waals surface area (Å²) in [6.45, 7) is -0.467. The van der Waals surface area contributed by atoms with Gasteiger partial charge in [-0.2, -0.15) is 0 Å². The van der Waals surface area contributed by atoms with E-state index in [2.05, 4.69) is 10.6 Å². The molecule has 0 radical (unpaired) electrons. The van der Waals surface area contributed by atoms with Crippen molar-refractivity contribution in [1.29, 1.82) is 0 Å². The average molecular weight is 489 g/mol. The van der Waals surface area contributed by atoms with Crippen LogP contribution in [0.25, 0.3) is 0 Å². The molecule has 1 saturated heterocycles. The first-order valence-corrected chi connectivity index (χ1v) is 11.8. The van der Waals surface area contributed by atoms with Crippen molar-refractivity contribution < 1.29 is 19.5 Å². The van der Waals surface area contributed by atoms with E-state index in [-0.39, 0.29) is 24.3 Å². The molecule has 2 aromatic rings. The molecule has 1 aliphatic carbocycles. The van der Waals surface area contributed by atoms with Crippen LogP contribution in [-0.4, -0.2) is 29.4 Å². The predicted molar refractivity (Wildman–Crippen MR) is 126 cm³/mol. The Hall–Kier alpha value is -2.57. The number of nitrogens with one attached hydrogen (secondary N) is 2. The molecular weight excluding hydrogens is 463 g/mol. The number of hydrogen-bond acceptors (Lipinski definition) is 3. The largest absolute Gasteiger partial charge is 0.480 e. The topological polar surface area (TPSA) is 95.5 Å². The SMILES string of the molecule is O=C(O)CNC(=O)C[C@@]1(CC2CC2)C[C@H](c2cccc(Cl)c2)[C@@H](c2ccc(Cl)cc2)NC1=O. The molecule has 2 aromatic carbocycles. The van der Waals surface area contributed by atoms with Crippen molar-refractivity contribution in [3.05, 3.63) is 69.7 Å². The van der Waals surface area contributed by atoms with Crippen LogP contribution in [0.2, 0.25) is 10.0 Å². The number of carbonyl (C=O) groups is 3. The fraction of sp³-hybridized carbons (Fsp3) is 0.400. The summed E-state index contributed by atoms with van der Waals surface area (Å²) < 4.78 is 0. The van der Waals surface area contributed by atoms with Gasteiger partial charge >= 0.3 is 5.97 Å². The number of piperidine rings is 1. The van der Waals surface area contributed by atoms with E-state index in [0.717, 1.165) is 24.0 Å². The summed E-state index contributed by atoms with van der Waals surface area (Å²) in [6, 6.07) is 14.7. The van der Waals surface area contributed by atoms with Gasteiger partial charge in [-0.05, 0) is 54.2 Å². The second-order valence-corrected chi connectivity index (χ2v) is 10.0. The van der Waals surface area contributed by atoms with Crippen molar-refractivity contribution >= 4 is 41.0 Å². The number of halogens is 2. The van der Waals surface area contributed by atoms with E-state index in [4.69, 9.17) is 28.3 Å². The number of carbonyl (C=O) groups excluding carboxylic acids is 2. The molecule has 1 heterocycles. The van der Waals surface area contributed by atoms with Crippen LogP contribution in [0.1, 0.15) is 55.2 Å². The lowest BCUT2D eigenvalue weighted by Gasteiger charge is -2.45. The smallest absolute Gasteiger partial charge is 0.322 e. The molecule has 2 aliphatic rings. The average Bonchev–Trinajstić information content (AvgIpc) is 3.58. The molecule has 2 amide bonds. The summed E-state index contributed by atoms with van der Waals surface area (Å²) in [5.74, 6) is -1.43. The second kappa shape index (κ2) is 9.74. The van der Waals surface area contributed by atoms with E-state index in [1.807, 2.05) is 30.3 Å². The molecular formula is C25H26Cl2N2O4. The Labute approximate surface area is 202 Å². The van der Waals surface area contributed by atoms with E-state index in [0.29, 0.717) is 28.8 Å². The predicted octanol–water partition coefficient (Wildman–Crippen LogP) is 4.72. The zero-order valence-corrected chi connectivity index (χ0v) is 19.5. The molecule has 6 nitrogen and oxygen atoms in total. The van der Waals surface area contributed by atoms with Gasteiger partial charge in [-0.25, -0.2) is 0 Å². The summed E-state index contributed by atoms with van der Waals surface area (Å²) in [5.41, 5.74) is 0.987. The van der Waals surface area contributed by atoms with Gasteiger partial charge in [0.15, 0.2) is 0 Å². The fourth-order valence-electron chi connectivity index (χ4n) is 4.88. The van der Waals surface area contributed by atoms with Crippen molar-refractivity contribution in [2.24, 2.45) is 11.3 Å². The van der Waals surface area contributed by atoms with Crippen molar-refractivity contribution in [3.8, 4) is 0 Å². The van der Waals surface area contributed by atoms with Gasteiger partial charge in [0, 0.05) is 22.4 Å². The van der Waals surface area contributed by atoms with Gasteiger partial charge in [0.1, 0.15) is 6.54 Å². The van der Waals surface area contributed by atoms with Gasteiger partial charge in [0.25, 0.3) is 0 Å². The van der Waals surface area contributed by atoms with Crippen LogP contribution in [-0.2, 0) is 14.4 Å². The summed E-state index contributed by atoms with van der Waals surface area (Å²) in [5, 5.41) is 15.8. The molecule has 33 heavy (non-hydrogen) atoms. The molecule has 1 saturated carbocycles. The summed E-state index contributed by atoms with van der Waals surface area (Å²) in [7, 11) is 0. The van der Waals surface area contributed by atoms with Crippen LogP contribution < -0.4 is 10.6 Å². The van der Waals surface area contributed by atoms with Crippen LogP contribution in [0.5, 0.6) is 0 Å². The fourth-order valence-corrected chi connectivity index (χ4v) is 5.20. The number of benzene rings is 2. The monoisotopic (exact) mass is 488 g/mol. The van der Waals surface area contributed by atoms with Crippen LogP contribution in [0.4, 0.5) is 0 Å². The van der Waals surface area contributed by atoms with Crippen molar-refractivity contribution in [1.82, 2.24) is 10.6 Å². The van der Waals surface area contributed by atoms with E-state index in [9.17, 15) is 14.4 Å². The van der Waals surface area contributed by atoms with E-state index in [1.54, 1.807) is 18.2 Å². The molecule has 4 rings (SSSR count). The summed E-state index contributed by atoms with van der Waals surface area (Å²) in [6.07, 6.45) is 3.09. The second-order valence-electron chi connectivity index (χ2n) is 9.14. The normalized spacial score (nSPS) is 24.7. The van der Waals surface area contributed by atoms with Gasteiger partial charge in [-0.1, -0.05) is 60.3 Å². The third-order valence-corrected chi connectivity index (χ3v) is 7.09. The van der Waals surface area contributed by atoms with E-state index < -0.39 is 23.8 Å². The minimum absolute atomic E-state index is 0.0486. The molecule has 3 N–H and O–H groups in total. The van der Waals surface area contributed by atoms with Crippen molar-refractivity contribution in [2.75, 3.05) is 6.54 Å². The quantitative estimate of drug-likeness (QED) is 0.500. The summed E-state index contributed by atoms with van der Waals surface area (Å²) >= 11 is 12.4. The minimum Gasteiger partial charge on any atom is -0.480 e. The van der Waals surface area contributed by atoms with Gasteiger partial charge in [0.2, 0.25) is 11.8 Å². The number of hydrogen-bond donors (Lipinski definition) is 3. The summed E-state index contributed by atoms with van der Waals surface area (Å²) in [4.78, 5) is 37.2. The minimum atomic E-state index is -1.12. The van der Waals surface area contributed by atoms with Crippen LogP contribution >= 0.6 is 23.2 Å². The number of aliphatic carboxylic acids is 1.